The number of aliphatic hydroxyl groups is 2. The van der Waals surface area contributed by atoms with Crippen LogP contribution in [0.1, 0.15) is 31.4 Å². The highest BCUT2D eigenvalue weighted by atomic mass is 16.3. The second kappa shape index (κ2) is 7.39. The lowest BCUT2D eigenvalue weighted by atomic mass is 10.0. The van der Waals surface area contributed by atoms with Gasteiger partial charge in [0.25, 0.3) is 0 Å². The molecule has 3 heteroatoms. The van der Waals surface area contributed by atoms with Crippen LogP contribution in [0.4, 0.5) is 0 Å². The molecule has 2 unspecified atom stereocenters. The molecule has 90 valence electrons. The molecule has 0 aromatic heterocycles. The molecule has 0 saturated heterocycles. The van der Waals surface area contributed by atoms with Crippen LogP contribution in [0.5, 0.6) is 0 Å². The van der Waals surface area contributed by atoms with Crippen molar-refractivity contribution in [3.05, 3.63) is 35.9 Å². The van der Waals surface area contributed by atoms with E-state index in [1.807, 2.05) is 18.2 Å². The van der Waals surface area contributed by atoms with Crippen LogP contribution < -0.4 is 5.32 Å². The first kappa shape index (κ1) is 13.2. The summed E-state index contributed by atoms with van der Waals surface area (Å²) in [6.45, 7) is 2.37. The summed E-state index contributed by atoms with van der Waals surface area (Å²) in [5.74, 6) is 0. The highest BCUT2D eigenvalue weighted by molar-refractivity contribution is 5.18. The molecule has 0 amide bonds. The van der Waals surface area contributed by atoms with E-state index in [2.05, 4.69) is 24.4 Å². The summed E-state index contributed by atoms with van der Waals surface area (Å²) < 4.78 is 0. The van der Waals surface area contributed by atoms with E-state index in [1.54, 1.807) is 0 Å². The molecule has 16 heavy (non-hydrogen) atoms. The van der Waals surface area contributed by atoms with E-state index in [4.69, 9.17) is 5.11 Å². The summed E-state index contributed by atoms with van der Waals surface area (Å²) in [7, 11) is 0. The molecule has 0 spiro atoms. The van der Waals surface area contributed by atoms with Crippen molar-refractivity contribution in [3.8, 4) is 0 Å². The van der Waals surface area contributed by atoms with Crippen LogP contribution in [-0.2, 0) is 0 Å². The van der Waals surface area contributed by atoms with Gasteiger partial charge in [-0.25, -0.2) is 0 Å². The molecule has 3 nitrogen and oxygen atoms in total. The molecule has 0 bridgehead atoms. The zero-order valence-corrected chi connectivity index (χ0v) is 9.76. The molecule has 2 atom stereocenters. The molecule has 3 N–H and O–H groups in total. The Morgan fingerprint density at radius 2 is 1.94 bits per heavy atom. The van der Waals surface area contributed by atoms with Crippen LogP contribution in [0, 0.1) is 0 Å². The minimum atomic E-state index is -0.678. The third-order valence-corrected chi connectivity index (χ3v) is 2.59. The summed E-state index contributed by atoms with van der Waals surface area (Å²) in [5, 5.41) is 21.3. The number of hydrogen-bond acceptors (Lipinski definition) is 3. The number of aliphatic hydroxyl groups excluding tert-OH is 2. The largest absolute Gasteiger partial charge is 0.394 e. The average molecular weight is 223 g/mol. The van der Waals surface area contributed by atoms with E-state index in [-0.39, 0.29) is 12.6 Å². The molecule has 0 saturated carbocycles. The Hall–Kier alpha value is -0.900. The minimum absolute atomic E-state index is 0.194. The fourth-order valence-electron chi connectivity index (χ4n) is 1.70. The summed E-state index contributed by atoms with van der Waals surface area (Å²) in [4.78, 5) is 0. The molecule has 1 aromatic carbocycles. The first-order chi connectivity index (χ1) is 7.77. The van der Waals surface area contributed by atoms with Gasteiger partial charge in [-0.05, 0) is 12.0 Å². The van der Waals surface area contributed by atoms with Crippen molar-refractivity contribution >= 4 is 0 Å². The molecule has 1 aromatic rings. The molecular weight excluding hydrogens is 202 g/mol. The van der Waals surface area contributed by atoms with Crippen molar-refractivity contribution in [2.75, 3.05) is 13.2 Å². The SMILES string of the molecule is CCCC(NCC(O)CO)c1ccccc1. The van der Waals surface area contributed by atoms with Crippen LogP contribution in [-0.4, -0.2) is 29.5 Å². The van der Waals surface area contributed by atoms with Gasteiger partial charge < -0.3 is 15.5 Å². The zero-order valence-electron chi connectivity index (χ0n) is 9.76. The van der Waals surface area contributed by atoms with Gasteiger partial charge in [0.1, 0.15) is 0 Å². The molecule has 0 fully saturated rings. The topological polar surface area (TPSA) is 52.5 Å². The van der Waals surface area contributed by atoms with E-state index in [0.29, 0.717) is 6.54 Å². The average Bonchev–Trinajstić information content (AvgIpc) is 2.35. The normalized spacial score (nSPS) is 14.7. The standard InChI is InChI=1S/C13H21NO2/c1-2-6-13(14-9-12(16)10-15)11-7-4-3-5-8-11/h3-5,7-8,12-16H,2,6,9-10H2,1H3. The fourth-order valence-corrected chi connectivity index (χ4v) is 1.70. The van der Waals surface area contributed by atoms with Crippen molar-refractivity contribution in [1.29, 1.82) is 0 Å². The van der Waals surface area contributed by atoms with E-state index < -0.39 is 6.10 Å². The Kier molecular flexibility index (Phi) is 6.08. The van der Waals surface area contributed by atoms with Gasteiger partial charge >= 0.3 is 0 Å². The maximum Gasteiger partial charge on any atom is 0.0895 e. The smallest absolute Gasteiger partial charge is 0.0895 e. The van der Waals surface area contributed by atoms with E-state index >= 15 is 0 Å². The highest BCUT2D eigenvalue weighted by Crippen LogP contribution is 2.17. The Morgan fingerprint density at radius 3 is 2.50 bits per heavy atom. The summed E-state index contributed by atoms with van der Waals surface area (Å²) in [6, 6.07) is 10.4. The van der Waals surface area contributed by atoms with Crippen LogP contribution in [0.15, 0.2) is 30.3 Å². The second-order valence-corrected chi connectivity index (χ2v) is 4.00. The predicted molar refractivity (Wildman–Crippen MR) is 65.2 cm³/mol. The van der Waals surface area contributed by atoms with Crippen molar-refractivity contribution in [1.82, 2.24) is 5.32 Å². The second-order valence-electron chi connectivity index (χ2n) is 4.00. The Morgan fingerprint density at radius 1 is 1.25 bits per heavy atom. The van der Waals surface area contributed by atoms with Crippen molar-refractivity contribution in [3.63, 3.8) is 0 Å². The Bertz CT molecular complexity index is 277. The Labute approximate surface area is 97.1 Å². The molecule has 1 rings (SSSR count). The first-order valence-corrected chi connectivity index (χ1v) is 5.85. The lowest BCUT2D eigenvalue weighted by Crippen LogP contribution is -2.32. The Balaban J connectivity index is 2.54. The van der Waals surface area contributed by atoms with E-state index in [9.17, 15) is 5.11 Å². The van der Waals surface area contributed by atoms with Crippen molar-refractivity contribution in [2.24, 2.45) is 0 Å². The zero-order chi connectivity index (χ0) is 11.8. The number of benzene rings is 1. The van der Waals surface area contributed by atoms with Gasteiger partial charge in [0.2, 0.25) is 0 Å². The quantitative estimate of drug-likeness (QED) is 0.656. The van der Waals surface area contributed by atoms with Crippen LogP contribution in [0.3, 0.4) is 0 Å². The first-order valence-electron chi connectivity index (χ1n) is 5.85. The van der Waals surface area contributed by atoms with E-state index in [0.717, 1.165) is 12.8 Å². The van der Waals surface area contributed by atoms with Gasteiger partial charge in [-0.3, -0.25) is 0 Å². The van der Waals surface area contributed by atoms with E-state index in [1.165, 1.54) is 5.56 Å². The molecule has 0 heterocycles. The molecule has 0 aliphatic carbocycles. The van der Waals surface area contributed by atoms with Gasteiger partial charge in [-0.15, -0.1) is 0 Å². The maximum absolute atomic E-state index is 9.31. The van der Waals surface area contributed by atoms with Gasteiger partial charge in [0.05, 0.1) is 12.7 Å². The van der Waals surface area contributed by atoms with Crippen LogP contribution >= 0.6 is 0 Å². The lowest BCUT2D eigenvalue weighted by Gasteiger charge is -2.20. The summed E-state index contributed by atoms with van der Waals surface area (Å²) in [6.07, 6.45) is 1.44. The number of nitrogens with one attached hydrogen (secondary N) is 1. The van der Waals surface area contributed by atoms with Crippen molar-refractivity contribution in [2.45, 2.75) is 31.9 Å². The monoisotopic (exact) mass is 223 g/mol. The summed E-state index contributed by atoms with van der Waals surface area (Å²) in [5.41, 5.74) is 1.23. The fraction of sp³-hybridized carbons (Fsp3) is 0.538. The maximum atomic E-state index is 9.31. The van der Waals surface area contributed by atoms with Crippen LogP contribution in [0.25, 0.3) is 0 Å². The number of hydrogen-bond donors (Lipinski definition) is 3. The third-order valence-electron chi connectivity index (χ3n) is 2.59. The third kappa shape index (κ3) is 4.31. The molecule has 0 aliphatic heterocycles. The van der Waals surface area contributed by atoms with Gasteiger partial charge in [-0.1, -0.05) is 43.7 Å². The van der Waals surface area contributed by atoms with Gasteiger partial charge in [-0.2, -0.15) is 0 Å². The number of rotatable bonds is 7. The minimum Gasteiger partial charge on any atom is -0.394 e. The predicted octanol–water partition coefficient (Wildman–Crippen LogP) is 1.47. The van der Waals surface area contributed by atoms with Crippen LogP contribution in [0.2, 0.25) is 0 Å². The molecule has 0 radical (unpaired) electrons. The lowest BCUT2D eigenvalue weighted by molar-refractivity contribution is 0.0915. The molecule has 0 aliphatic rings. The van der Waals surface area contributed by atoms with Gasteiger partial charge in [0, 0.05) is 12.6 Å². The highest BCUT2D eigenvalue weighted by Gasteiger charge is 2.11. The van der Waals surface area contributed by atoms with Crippen molar-refractivity contribution < 1.29 is 10.2 Å². The molecular formula is C13H21NO2. The summed E-state index contributed by atoms with van der Waals surface area (Å²) >= 11 is 0. The van der Waals surface area contributed by atoms with Gasteiger partial charge in [0.15, 0.2) is 0 Å².